The fraction of sp³-hybridized carbons (Fsp3) is 0.533. The Morgan fingerprint density at radius 1 is 1.16 bits per heavy atom. The molecule has 1 saturated heterocycles. The summed E-state index contributed by atoms with van der Waals surface area (Å²) in [6.45, 7) is 5.50. The Morgan fingerprint density at radius 3 is 2.32 bits per heavy atom. The molecule has 0 saturated carbocycles. The number of benzene rings is 1. The van der Waals surface area contributed by atoms with Crippen molar-refractivity contribution < 1.29 is 9.53 Å². The van der Waals surface area contributed by atoms with Crippen LogP contribution in [0.1, 0.15) is 19.8 Å². The number of methoxy groups -OCH3 is 1. The number of piperazine rings is 1. The van der Waals surface area contributed by atoms with Gasteiger partial charge in [-0.3, -0.25) is 4.79 Å². The highest BCUT2D eigenvalue weighted by Gasteiger charge is 2.20. The molecule has 1 amide bonds. The molecular weight excluding hydrogens is 240 g/mol. The van der Waals surface area contributed by atoms with Crippen LogP contribution in [0.25, 0.3) is 0 Å². The number of carbonyl (C=O) groups is 1. The lowest BCUT2D eigenvalue weighted by molar-refractivity contribution is -0.131. The van der Waals surface area contributed by atoms with Crippen molar-refractivity contribution in [3.05, 3.63) is 24.3 Å². The van der Waals surface area contributed by atoms with Crippen LogP contribution < -0.4 is 9.64 Å². The Bertz CT molecular complexity index is 409. The second-order valence-corrected chi connectivity index (χ2v) is 4.82. The summed E-state index contributed by atoms with van der Waals surface area (Å²) in [5.41, 5.74) is 1.20. The molecule has 0 aromatic heterocycles. The number of ether oxygens (including phenoxy) is 1. The Balaban J connectivity index is 1.90. The molecule has 4 nitrogen and oxygen atoms in total. The zero-order valence-corrected chi connectivity index (χ0v) is 11.8. The van der Waals surface area contributed by atoms with Gasteiger partial charge in [-0.2, -0.15) is 0 Å². The third kappa shape index (κ3) is 3.40. The van der Waals surface area contributed by atoms with Crippen LogP contribution >= 0.6 is 0 Å². The average Bonchev–Trinajstić information content (AvgIpc) is 2.48. The lowest BCUT2D eigenvalue weighted by Gasteiger charge is -2.36. The third-order valence-electron chi connectivity index (χ3n) is 3.53. The van der Waals surface area contributed by atoms with E-state index in [1.165, 1.54) is 5.69 Å². The predicted octanol–water partition coefficient (Wildman–Crippen LogP) is 2.14. The first-order valence-corrected chi connectivity index (χ1v) is 6.91. The van der Waals surface area contributed by atoms with Crippen molar-refractivity contribution in [2.24, 2.45) is 0 Å². The molecule has 104 valence electrons. The number of amides is 1. The van der Waals surface area contributed by atoms with Crippen molar-refractivity contribution in [1.29, 1.82) is 0 Å². The SMILES string of the molecule is CCCC(=O)N1CCN(c2ccc(OC)cc2)CC1. The van der Waals surface area contributed by atoms with E-state index in [1.807, 2.05) is 24.0 Å². The molecule has 0 unspecified atom stereocenters. The fourth-order valence-electron chi connectivity index (χ4n) is 2.38. The molecular formula is C15H22N2O2. The molecule has 0 bridgehead atoms. The van der Waals surface area contributed by atoms with Gasteiger partial charge in [0.1, 0.15) is 5.75 Å². The van der Waals surface area contributed by atoms with Gasteiger partial charge in [-0.1, -0.05) is 6.92 Å². The second-order valence-electron chi connectivity index (χ2n) is 4.82. The molecule has 1 aliphatic heterocycles. The van der Waals surface area contributed by atoms with Crippen LogP contribution in [0.5, 0.6) is 5.75 Å². The number of carbonyl (C=O) groups excluding carboxylic acids is 1. The van der Waals surface area contributed by atoms with Crippen molar-refractivity contribution in [3.8, 4) is 5.75 Å². The quantitative estimate of drug-likeness (QED) is 0.833. The van der Waals surface area contributed by atoms with Crippen LogP contribution in [0.15, 0.2) is 24.3 Å². The lowest BCUT2D eigenvalue weighted by Crippen LogP contribution is -2.48. The summed E-state index contributed by atoms with van der Waals surface area (Å²) in [5.74, 6) is 1.16. The Kier molecular flexibility index (Phi) is 4.66. The largest absolute Gasteiger partial charge is 0.497 e. The summed E-state index contributed by atoms with van der Waals surface area (Å²) in [5, 5.41) is 0. The number of hydrogen-bond donors (Lipinski definition) is 0. The van der Waals surface area contributed by atoms with Gasteiger partial charge in [0.05, 0.1) is 7.11 Å². The van der Waals surface area contributed by atoms with Crippen LogP contribution in [0, 0.1) is 0 Å². The van der Waals surface area contributed by atoms with E-state index in [4.69, 9.17) is 4.74 Å². The first-order valence-electron chi connectivity index (χ1n) is 6.91. The van der Waals surface area contributed by atoms with Crippen LogP contribution in [-0.4, -0.2) is 44.1 Å². The van der Waals surface area contributed by atoms with Crippen LogP contribution in [0.4, 0.5) is 5.69 Å². The van der Waals surface area contributed by atoms with E-state index in [2.05, 4.69) is 17.0 Å². The Hall–Kier alpha value is -1.71. The maximum absolute atomic E-state index is 11.8. The zero-order valence-electron chi connectivity index (χ0n) is 11.8. The average molecular weight is 262 g/mol. The minimum Gasteiger partial charge on any atom is -0.497 e. The summed E-state index contributed by atoms with van der Waals surface area (Å²) in [7, 11) is 1.67. The van der Waals surface area contributed by atoms with Crippen molar-refractivity contribution >= 4 is 11.6 Å². The van der Waals surface area contributed by atoms with Gasteiger partial charge in [0, 0.05) is 38.3 Å². The normalized spacial score (nSPS) is 15.5. The van der Waals surface area contributed by atoms with Crippen molar-refractivity contribution in [2.45, 2.75) is 19.8 Å². The standard InChI is InChI=1S/C15H22N2O2/c1-3-4-15(18)17-11-9-16(10-12-17)13-5-7-14(19-2)8-6-13/h5-8H,3-4,9-12H2,1-2H3. The minimum atomic E-state index is 0.289. The van der Waals surface area contributed by atoms with Gasteiger partial charge in [0.2, 0.25) is 5.91 Å². The Labute approximate surface area is 115 Å². The highest BCUT2D eigenvalue weighted by Crippen LogP contribution is 2.20. The summed E-state index contributed by atoms with van der Waals surface area (Å²) in [6, 6.07) is 8.10. The maximum atomic E-state index is 11.8. The van der Waals surface area contributed by atoms with E-state index in [9.17, 15) is 4.79 Å². The molecule has 0 spiro atoms. The van der Waals surface area contributed by atoms with Gasteiger partial charge in [-0.15, -0.1) is 0 Å². The van der Waals surface area contributed by atoms with Gasteiger partial charge < -0.3 is 14.5 Å². The second kappa shape index (κ2) is 6.45. The molecule has 0 radical (unpaired) electrons. The van der Waals surface area contributed by atoms with Crippen LogP contribution in [0.3, 0.4) is 0 Å². The molecule has 2 rings (SSSR count). The summed E-state index contributed by atoms with van der Waals surface area (Å²) >= 11 is 0. The molecule has 1 heterocycles. The number of anilines is 1. The highest BCUT2D eigenvalue weighted by atomic mass is 16.5. The molecule has 0 atom stereocenters. The smallest absolute Gasteiger partial charge is 0.222 e. The van der Waals surface area contributed by atoms with Gasteiger partial charge in [-0.05, 0) is 30.7 Å². The number of rotatable bonds is 4. The molecule has 1 fully saturated rings. The van der Waals surface area contributed by atoms with E-state index in [-0.39, 0.29) is 5.91 Å². The van der Waals surface area contributed by atoms with Crippen LogP contribution in [0.2, 0.25) is 0 Å². The lowest BCUT2D eigenvalue weighted by atomic mass is 10.2. The Morgan fingerprint density at radius 2 is 1.79 bits per heavy atom. The molecule has 0 aliphatic carbocycles. The molecule has 1 aliphatic rings. The molecule has 0 N–H and O–H groups in total. The highest BCUT2D eigenvalue weighted by molar-refractivity contribution is 5.76. The summed E-state index contributed by atoms with van der Waals surface area (Å²) < 4.78 is 5.16. The first-order chi connectivity index (χ1) is 9.24. The van der Waals surface area contributed by atoms with Crippen LogP contribution in [-0.2, 0) is 4.79 Å². The zero-order chi connectivity index (χ0) is 13.7. The van der Waals surface area contributed by atoms with E-state index in [0.717, 1.165) is 38.3 Å². The van der Waals surface area contributed by atoms with Crippen molar-refractivity contribution in [2.75, 3.05) is 38.2 Å². The maximum Gasteiger partial charge on any atom is 0.222 e. The first kappa shape index (κ1) is 13.7. The van der Waals surface area contributed by atoms with Crippen molar-refractivity contribution in [3.63, 3.8) is 0 Å². The number of hydrogen-bond acceptors (Lipinski definition) is 3. The fourth-order valence-corrected chi connectivity index (χ4v) is 2.38. The van der Waals surface area contributed by atoms with Gasteiger partial charge in [0.15, 0.2) is 0 Å². The van der Waals surface area contributed by atoms with E-state index in [1.54, 1.807) is 7.11 Å². The van der Waals surface area contributed by atoms with Gasteiger partial charge in [-0.25, -0.2) is 0 Å². The predicted molar refractivity (Wildman–Crippen MR) is 76.7 cm³/mol. The van der Waals surface area contributed by atoms with E-state index >= 15 is 0 Å². The van der Waals surface area contributed by atoms with Crippen molar-refractivity contribution in [1.82, 2.24) is 4.90 Å². The monoisotopic (exact) mass is 262 g/mol. The van der Waals surface area contributed by atoms with E-state index in [0.29, 0.717) is 6.42 Å². The van der Waals surface area contributed by atoms with Gasteiger partial charge >= 0.3 is 0 Å². The minimum absolute atomic E-state index is 0.289. The van der Waals surface area contributed by atoms with Gasteiger partial charge in [0.25, 0.3) is 0 Å². The molecule has 1 aromatic rings. The molecule has 1 aromatic carbocycles. The topological polar surface area (TPSA) is 32.8 Å². The third-order valence-corrected chi connectivity index (χ3v) is 3.53. The summed E-state index contributed by atoms with van der Waals surface area (Å²) in [6.07, 6.45) is 1.60. The van der Waals surface area contributed by atoms with E-state index < -0.39 is 0 Å². The number of nitrogens with zero attached hydrogens (tertiary/aromatic N) is 2. The summed E-state index contributed by atoms with van der Waals surface area (Å²) in [4.78, 5) is 16.1. The molecule has 19 heavy (non-hydrogen) atoms. The molecule has 4 heteroatoms.